The van der Waals surface area contributed by atoms with Crippen molar-refractivity contribution in [2.24, 2.45) is 0 Å². The Labute approximate surface area is 119 Å². The van der Waals surface area contributed by atoms with Crippen LogP contribution < -0.4 is 5.73 Å². The van der Waals surface area contributed by atoms with E-state index in [1.807, 2.05) is 0 Å². The number of hydrogen-bond donors (Lipinski definition) is 2. The van der Waals surface area contributed by atoms with Crippen molar-refractivity contribution < 1.29 is 17.9 Å². The Hall–Kier alpha value is -1.86. The number of aromatic hydroxyl groups is 1. The molecule has 0 atom stereocenters. The number of phenols is 1. The summed E-state index contributed by atoms with van der Waals surface area (Å²) in [6.45, 7) is 0. The van der Waals surface area contributed by atoms with Gasteiger partial charge in [0.1, 0.15) is 11.6 Å². The molecule has 0 radical (unpaired) electrons. The summed E-state index contributed by atoms with van der Waals surface area (Å²) in [5.74, 6) is -1.16. The van der Waals surface area contributed by atoms with Crippen molar-refractivity contribution in [3.63, 3.8) is 0 Å². The lowest BCUT2D eigenvalue weighted by atomic mass is 10.1. The molecule has 0 amide bonds. The minimum Gasteiger partial charge on any atom is -0.506 e. The average molecular weight is 317 g/mol. The summed E-state index contributed by atoms with van der Waals surface area (Å²) < 4.78 is 36.5. The molecule has 8 heteroatoms. The molecular weight excluding hydrogens is 307 g/mol. The molecule has 3 N–H and O–H groups in total. The second-order valence-corrected chi connectivity index (χ2v) is 6.59. The largest absolute Gasteiger partial charge is 0.506 e. The lowest BCUT2D eigenvalue weighted by Gasteiger charge is -2.08. The van der Waals surface area contributed by atoms with Crippen LogP contribution in [0.4, 0.5) is 10.1 Å². The third-order valence-corrected chi connectivity index (χ3v) is 3.98. The summed E-state index contributed by atoms with van der Waals surface area (Å²) in [7, 11) is -3.45. The van der Waals surface area contributed by atoms with Crippen molar-refractivity contribution in [3.8, 4) is 17.0 Å². The van der Waals surface area contributed by atoms with Crippen LogP contribution in [0.1, 0.15) is 0 Å². The summed E-state index contributed by atoms with van der Waals surface area (Å²) in [4.78, 5) is 3.79. The average Bonchev–Trinajstić information content (AvgIpc) is 2.33. The zero-order chi connectivity index (χ0) is 15.1. The lowest BCUT2D eigenvalue weighted by molar-refractivity contribution is 0.472. The smallest absolute Gasteiger partial charge is 0.177 e. The van der Waals surface area contributed by atoms with E-state index in [0.29, 0.717) is 0 Å². The number of nitrogen functional groups attached to an aromatic ring is 1. The van der Waals surface area contributed by atoms with E-state index in [0.717, 1.165) is 18.5 Å². The van der Waals surface area contributed by atoms with Gasteiger partial charge in [-0.3, -0.25) is 4.98 Å². The first kappa shape index (κ1) is 14.5. The Kier molecular flexibility index (Phi) is 3.58. The van der Waals surface area contributed by atoms with Crippen LogP contribution in [0.15, 0.2) is 29.3 Å². The van der Waals surface area contributed by atoms with Gasteiger partial charge in [0, 0.05) is 24.1 Å². The van der Waals surface area contributed by atoms with Gasteiger partial charge in [-0.2, -0.15) is 0 Å². The molecule has 0 bridgehead atoms. The molecule has 1 heterocycles. The minimum atomic E-state index is -3.45. The maximum atomic E-state index is 13.8. The van der Waals surface area contributed by atoms with Crippen LogP contribution >= 0.6 is 11.6 Å². The first-order valence-electron chi connectivity index (χ1n) is 5.34. The number of phenolic OH excluding ortho intramolecular Hbond substituents is 1. The van der Waals surface area contributed by atoms with Gasteiger partial charge in [0.15, 0.2) is 9.84 Å². The molecule has 0 fully saturated rings. The molecular formula is C12H10ClFN2O3S. The summed E-state index contributed by atoms with van der Waals surface area (Å²) in [5, 5.41) is 9.26. The molecule has 0 saturated heterocycles. The van der Waals surface area contributed by atoms with Crippen LogP contribution in [0.25, 0.3) is 11.3 Å². The molecule has 0 aliphatic carbocycles. The van der Waals surface area contributed by atoms with E-state index in [9.17, 15) is 17.9 Å². The van der Waals surface area contributed by atoms with Gasteiger partial charge in [0.25, 0.3) is 0 Å². The summed E-state index contributed by atoms with van der Waals surface area (Å²) in [5.41, 5.74) is 5.48. The second kappa shape index (κ2) is 4.92. The van der Waals surface area contributed by atoms with Crippen LogP contribution in [0.2, 0.25) is 5.02 Å². The van der Waals surface area contributed by atoms with Gasteiger partial charge in [0.05, 0.1) is 21.3 Å². The van der Waals surface area contributed by atoms with Gasteiger partial charge >= 0.3 is 0 Å². The molecule has 2 rings (SSSR count). The van der Waals surface area contributed by atoms with Crippen LogP contribution in [0.5, 0.6) is 5.75 Å². The molecule has 0 spiro atoms. The second-order valence-electron chi connectivity index (χ2n) is 4.16. The van der Waals surface area contributed by atoms with Gasteiger partial charge in [-0.1, -0.05) is 11.6 Å². The van der Waals surface area contributed by atoms with E-state index in [1.54, 1.807) is 0 Å². The van der Waals surface area contributed by atoms with Gasteiger partial charge in [-0.05, 0) is 12.1 Å². The Morgan fingerprint density at radius 3 is 2.55 bits per heavy atom. The van der Waals surface area contributed by atoms with E-state index in [4.69, 9.17) is 17.3 Å². The standard InChI is InChI=1S/C12H10ClFN2O3S/c1-20(18,19)6-2-8(13)12(16-5-6)7-3-10(15)11(17)4-9(7)14/h2-5,17H,15H2,1H3. The number of nitrogens with zero attached hydrogens (tertiary/aromatic N) is 1. The molecule has 0 aliphatic rings. The summed E-state index contributed by atoms with van der Waals surface area (Å²) in [6.07, 6.45) is 2.10. The third-order valence-electron chi connectivity index (χ3n) is 2.62. The quantitative estimate of drug-likeness (QED) is 0.654. The number of sulfone groups is 1. The number of benzene rings is 1. The molecule has 20 heavy (non-hydrogen) atoms. The van der Waals surface area contributed by atoms with E-state index in [2.05, 4.69) is 4.98 Å². The zero-order valence-corrected chi connectivity index (χ0v) is 11.8. The Bertz CT molecular complexity index is 794. The fourth-order valence-electron chi connectivity index (χ4n) is 1.58. The Balaban J connectivity index is 2.63. The van der Waals surface area contributed by atoms with E-state index in [1.165, 1.54) is 12.1 Å². The van der Waals surface area contributed by atoms with Gasteiger partial charge in [0.2, 0.25) is 0 Å². The van der Waals surface area contributed by atoms with Crippen molar-refractivity contribution in [3.05, 3.63) is 35.2 Å². The molecule has 0 saturated carbocycles. The highest BCUT2D eigenvalue weighted by atomic mass is 35.5. The zero-order valence-electron chi connectivity index (χ0n) is 10.3. The predicted octanol–water partition coefficient (Wildman–Crippen LogP) is 2.23. The first-order chi connectivity index (χ1) is 9.20. The van der Waals surface area contributed by atoms with Gasteiger partial charge in [-0.25, -0.2) is 12.8 Å². The molecule has 5 nitrogen and oxygen atoms in total. The Morgan fingerprint density at radius 2 is 2.00 bits per heavy atom. The number of halogens is 2. The van der Waals surface area contributed by atoms with Crippen molar-refractivity contribution in [1.29, 1.82) is 0 Å². The number of hydrogen-bond acceptors (Lipinski definition) is 5. The fraction of sp³-hybridized carbons (Fsp3) is 0.0833. The van der Waals surface area contributed by atoms with Crippen molar-refractivity contribution in [2.45, 2.75) is 4.90 Å². The van der Waals surface area contributed by atoms with Gasteiger partial charge in [-0.15, -0.1) is 0 Å². The maximum Gasteiger partial charge on any atom is 0.177 e. The van der Waals surface area contributed by atoms with Crippen LogP contribution in [-0.4, -0.2) is 24.8 Å². The molecule has 1 aromatic heterocycles. The van der Waals surface area contributed by atoms with Crippen molar-refractivity contribution in [2.75, 3.05) is 12.0 Å². The SMILES string of the molecule is CS(=O)(=O)c1cnc(-c2cc(N)c(O)cc2F)c(Cl)c1. The number of aromatic nitrogens is 1. The van der Waals surface area contributed by atoms with Crippen LogP contribution in [0.3, 0.4) is 0 Å². The monoisotopic (exact) mass is 316 g/mol. The number of anilines is 1. The first-order valence-corrected chi connectivity index (χ1v) is 7.61. The topological polar surface area (TPSA) is 93.3 Å². The van der Waals surface area contributed by atoms with Crippen molar-refractivity contribution >= 4 is 27.1 Å². The normalized spacial score (nSPS) is 11.6. The highest BCUT2D eigenvalue weighted by molar-refractivity contribution is 7.90. The fourth-order valence-corrected chi connectivity index (χ4v) is 2.49. The highest BCUT2D eigenvalue weighted by Gasteiger charge is 2.16. The van der Waals surface area contributed by atoms with E-state index < -0.39 is 21.4 Å². The van der Waals surface area contributed by atoms with Crippen LogP contribution in [-0.2, 0) is 9.84 Å². The molecule has 0 aliphatic heterocycles. The highest BCUT2D eigenvalue weighted by Crippen LogP contribution is 2.34. The number of nitrogens with two attached hydrogens (primary N) is 1. The minimum absolute atomic E-state index is 0.0228. The summed E-state index contributed by atoms with van der Waals surface area (Å²) in [6, 6.07) is 3.20. The Morgan fingerprint density at radius 1 is 1.35 bits per heavy atom. The van der Waals surface area contributed by atoms with Gasteiger partial charge < -0.3 is 10.8 Å². The maximum absolute atomic E-state index is 13.8. The third kappa shape index (κ3) is 2.68. The number of rotatable bonds is 2. The molecule has 1 aromatic carbocycles. The van der Waals surface area contributed by atoms with E-state index >= 15 is 0 Å². The van der Waals surface area contributed by atoms with Crippen molar-refractivity contribution in [1.82, 2.24) is 4.98 Å². The molecule has 0 unspecified atom stereocenters. The molecule has 106 valence electrons. The van der Waals surface area contributed by atoms with E-state index in [-0.39, 0.29) is 26.9 Å². The number of pyridine rings is 1. The van der Waals surface area contributed by atoms with Crippen LogP contribution in [0, 0.1) is 5.82 Å². The predicted molar refractivity (Wildman–Crippen MR) is 73.8 cm³/mol. The molecule has 2 aromatic rings. The summed E-state index contributed by atoms with van der Waals surface area (Å²) >= 11 is 5.94. The lowest BCUT2D eigenvalue weighted by Crippen LogP contribution is -2.00.